The Morgan fingerprint density at radius 2 is 2.00 bits per heavy atom. The third-order valence-electron chi connectivity index (χ3n) is 2.50. The molecule has 0 aliphatic carbocycles. The molecular weight excluding hydrogens is 244 g/mol. The molecule has 0 unspecified atom stereocenters. The van der Waals surface area contributed by atoms with Crippen molar-refractivity contribution in [3.05, 3.63) is 23.8 Å². The molecule has 0 radical (unpaired) electrons. The van der Waals surface area contributed by atoms with Gasteiger partial charge in [-0.1, -0.05) is 6.92 Å². The number of carbonyl (C=O) groups excluding carboxylic acids is 1. The van der Waals surface area contributed by atoms with E-state index in [4.69, 9.17) is 15.2 Å². The summed E-state index contributed by atoms with van der Waals surface area (Å²) in [4.78, 5) is 13.3. The summed E-state index contributed by atoms with van der Waals surface area (Å²) in [5.74, 6) is 0.500. The van der Waals surface area contributed by atoms with Crippen molar-refractivity contribution in [1.82, 2.24) is 4.90 Å². The number of nitrogens with zero attached hydrogens (tertiary/aromatic N) is 1. The monoisotopic (exact) mass is 266 g/mol. The van der Waals surface area contributed by atoms with Crippen molar-refractivity contribution < 1.29 is 14.3 Å². The Morgan fingerprint density at radius 1 is 1.26 bits per heavy atom. The van der Waals surface area contributed by atoms with Gasteiger partial charge in [0.1, 0.15) is 12.4 Å². The van der Waals surface area contributed by atoms with Gasteiger partial charge in [0, 0.05) is 26.3 Å². The molecule has 1 aromatic carbocycles. The van der Waals surface area contributed by atoms with Crippen molar-refractivity contribution in [2.75, 3.05) is 39.6 Å². The third kappa shape index (κ3) is 4.79. The van der Waals surface area contributed by atoms with Crippen LogP contribution in [-0.4, -0.2) is 44.7 Å². The van der Waals surface area contributed by atoms with Gasteiger partial charge >= 0.3 is 0 Å². The van der Waals surface area contributed by atoms with Crippen molar-refractivity contribution >= 4 is 11.6 Å². The Bertz CT molecular complexity index is 419. The van der Waals surface area contributed by atoms with Crippen LogP contribution in [0.4, 0.5) is 5.69 Å². The van der Waals surface area contributed by atoms with Gasteiger partial charge in [0.2, 0.25) is 0 Å². The molecule has 0 saturated carbocycles. The number of nitrogen functional groups attached to an aromatic ring is 1. The standard InChI is InChI=1S/C14H22N2O3/c1-4-7-18-8-9-19-13-6-5-11(10-12(13)15)14(17)16(2)3/h5-6,10H,4,7-9,15H2,1-3H3. The molecule has 0 aliphatic rings. The molecule has 2 N–H and O–H groups in total. The van der Waals surface area contributed by atoms with Crippen LogP contribution in [0.2, 0.25) is 0 Å². The minimum atomic E-state index is -0.0791. The minimum absolute atomic E-state index is 0.0791. The number of anilines is 1. The minimum Gasteiger partial charge on any atom is -0.489 e. The zero-order chi connectivity index (χ0) is 14.3. The largest absolute Gasteiger partial charge is 0.489 e. The molecule has 19 heavy (non-hydrogen) atoms. The number of ether oxygens (including phenoxy) is 2. The van der Waals surface area contributed by atoms with E-state index in [0.29, 0.717) is 30.2 Å². The molecule has 0 bridgehead atoms. The second kappa shape index (κ2) is 7.63. The van der Waals surface area contributed by atoms with Crippen LogP contribution < -0.4 is 10.5 Å². The number of amides is 1. The van der Waals surface area contributed by atoms with E-state index < -0.39 is 0 Å². The molecule has 0 aromatic heterocycles. The van der Waals surface area contributed by atoms with Crippen molar-refractivity contribution in [2.24, 2.45) is 0 Å². The van der Waals surface area contributed by atoms with Crippen LogP contribution in [0.25, 0.3) is 0 Å². The fraction of sp³-hybridized carbons (Fsp3) is 0.500. The van der Waals surface area contributed by atoms with E-state index in [0.717, 1.165) is 13.0 Å². The van der Waals surface area contributed by atoms with Gasteiger partial charge in [-0.2, -0.15) is 0 Å². The van der Waals surface area contributed by atoms with Crippen LogP contribution in [-0.2, 0) is 4.74 Å². The van der Waals surface area contributed by atoms with Crippen LogP contribution in [0, 0.1) is 0 Å². The lowest BCUT2D eigenvalue weighted by Crippen LogP contribution is -2.21. The Kier molecular flexibility index (Phi) is 6.15. The summed E-state index contributed by atoms with van der Waals surface area (Å²) >= 11 is 0. The molecule has 0 aliphatic heterocycles. The molecule has 5 nitrogen and oxygen atoms in total. The van der Waals surface area contributed by atoms with Crippen LogP contribution >= 0.6 is 0 Å². The van der Waals surface area contributed by atoms with Crippen LogP contribution in [0.3, 0.4) is 0 Å². The first-order valence-electron chi connectivity index (χ1n) is 6.38. The first-order valence-corrected chi connectivity index (χ1v) is 6.38. The summed E-state index contributed by atoms with van der Waals surface area (Å²) in [5.41, 5.74) is 6.88. The predicted octanol–water partition coefficient (Wildman–Crippen LogP) is 1.78. The molecule has 0 atom stereocenters. The first-order chi connectivity index (χ1) is 9.06. The highest BCUT2D eigenvalue weighted by Crippen LogP contribution is 2.22. The zero-order valence-electron chi connectivity index (χ0n) is 11.8. The Balaban J connectivity index is 2.55. The lowest BCUT2D eigenvalue weighted by atomic mass is 10.1. The number of hydrogen-bond donors (Lipinski definition) is 1. The maximum absolute atomic E-state index is 11.7. The second-order valence-electron chi connectivity index (χ2n) is 4.41. The summed E-state index contributed by atoms with van der Waals surface area (Å²) in [5, 5.41) is 0. The highest BCUT2D eigenvalue weighted by atomic mass is 16.5. The van der Waals surface area contributed by atoms with E-state index in [1.165, 1.54) is 4.90 Å². The quantitative estimate of drug-likeness (QED) is 0.603. The van der Waals surface area contributed by atoms with E-state index in [1.54, 1.807) is 32.3 Å². The number of rotatable bonds is 7. The van der Waals surface area contributed by atoms with Gasteiger partial charge in [0.15, 0.2) is 0 Å². The number of hydrogen-bond acceptors (Lipinski definition) is 4. The van der Waals surface area contributed by atoms with Crippen LogP contribution in [0.1, 0.15) is 23.7 Å². The fourth-order valence-electron chi connectivity index (χ4n) is 1.53. The average molecular weight is 266 g/mol. The van der Waals surface area contributed by atoms with Gasteiger partial charge in [-0.15, -0.1) is 0 Å². The average Bonchev–Trinajstić information content (AvgIpc) is 2.39. The van der Waals surface area contributed by atoms with E-state index in [9.17, 15) is 4.79 Å². The van der Waals surface area contributed by atoms with Gasteiger partial charge in [0.05, 0.1) is 12.3 Å². The molecule has 1 aromatic rings. The maximum Gasteiger partial charge on any atom is 0.253 e. The molecule has 1 amide bonds. The van der Waals surface area contributed by atoms with E-state index in [1.807, 2.05) is 0 Å². The summed E-state index contributed by atoms with van der Waals surface area (Å²) in [6, 6.07) is 5.05. The SMILES string of the molecule is CCCOCCOc1ccc(C(=O)N(C)C)cc1N. The maximum atomic E-state index is 11.7. The van der Waals surface area contributed by atoms with Gasteiger partial charge < -0.3 is 20.1 Å². The summed E-state index contributed by atoms with van der Waals surface area (Å²) in [6.07, 6.45) is 0.990. The molecule has 5 heteroatoms. The van der Waals surface area contributed by atoms with Crippen molar-refractivity contribution in [3.8, 4) is 5.75 Å². The molecule has 0 spiro atoms. The number of benzene rings is 1. The highest BCUT2D eigenvalue weighted by molar-refractivity contribution is 5.95. The van der Waals surface area contributed by atoms with Crippen LogP contribution in [0.5, 0.6) is 5.75 Å². The van der Waals surface area contributed by atoms with Gasteiger partial charge in [-0.25, -0.2) is 0 Å². The van der Waals surface area contributed by atoms with E-state index >= 15 is 0 Å². The number of nitrogens with two attached hydrogens (primary N) is 1. The van der Waals surface area contributed by atoms with Crippen molar-refractivity contribution in [2.45, 2.75) is 13.3 Å². The Hall–Kier alpha value is -1.75. The molecule has 0 heterocycles. The third-order valence-corrected chi connectivity index (χ3v) is 2.50. The van der Waals surface area contributed by atoms with Gasteiger partial charge in [0.25, 0.3) is 5.91 Å². The molecule has 0 fully saturated rings. The normalized spacial score (nSPS) is 10.3. The summed E-state index contributed by atoms with van der Waals surface area (Å²) in [7, 11) is 3.40. The predicted molar refractivity (Wildman–Crippen MR) is 75.5 cm³/mol. The lowest BCUT2D eigenvalue weighted by Gasteiger charge is -2.13. The van der Waals surface area contributed by atoms with Crippen LogP contribution in [0.15, 0.2) is 18.2 Å². The fourth-order valence-corrected chi connectivity index (χ4v) is 1.53. The molecule has 0 saturated heterocycles. The van der Waals surface area contributed by atoms with Crippen molar-refractivity contribution in [1.29, 1.82) is 0 Å². The Labute approximate surface area is 114 Å². The molecule has 1 rings (SSSR count). The lowest BCUT2D eigenvalue weighted by molar-refractivity contribution is 0.0827. The van der Waals surface area contributed by atoms with E-state index in [2.05, 4.69) is 6.92 Å². The van der Waals surface area contributed by atoms with Gasteiger partial charge in [-0.3, -0.25) is 4.79 Å². The highest BCUT2D eigenvalue weighted by Gasteiger charge is 2.10. The second-order valence-corrected chi connectivity index (χ2v) is 4.41. The molecule has 106 valence electrons. The first kappa shape index (κ1) is 15.3. The molecular formula is C14H22N2O3. The Morgan fingerprint density at radius 3 is 2.58 bits per heavy atom. The summed E-state index contributed by atoms with van der Waals surface area (Å²) in [6.45, 7) is 3.77. The van der Waals surface area contributed by atoms with Crippen molar-refractivity contribution in [3.63, 3.8) is 0 Å². The zero-order valence-corrected chi connectivity index (χ0v) is 11.8. The summed E-state index contributed by atoms with van der Waals surface area (Å²) < 4.78 is 10.8. The van der Waals surface area contributed by atoms with Gasteiger partial charge in [-0.05, 0) is 24.6 Å². The smallest absolute Gasteiger partial charge is 0.253 e. The van der Waals surface area contributed by atoms with E-state index in [-0.39, 0.29) is 5.91 Å². The topological polar surface area (TPSA) is 64.8 Å². The number of carbonyl (C=O) groups is 1.